The summed E-state index contributed by atoms with van der Waals surface area (Å²) in [4.78, 5) is 19.3. The lowest BCUT2D eigenvalue weighted by Gasteiger charge is -2.17. The molecular formula is C22H23Cl2N5O. The number of halogens is 2. The third-order valence-electron chi connectivity index (χ3n) is 5.40. The van der Waals surface area contributed by atoms with Crippen LogP contribution >= 0.6 is 23.2 Å². The molecule has 2 aromatic heterocycles. The van der Waals surface area contributed by atoms with Gasteiger partial charge in [0.1, 0.15) is 5.82 Å². The van der Waals surface area contributed by atoms with Gasteiger partial charge < -0.3 is 10.2 Å². The van der Waals surface area contributed by atoms with Crippen molar-refractivity contribution in [3.05, 3.63) is 63.5 Å². The second kappa shape index (κ2) is 8.66. The number of rotatable bonds is 5. The summed E-state index contributed by atoms with van der Waals surface area (Å²) in [5.41, 5.74) is 4.34. The molecule has 8 heteroatoms. The van der Waals surface area contributed by atoms with E-state index in [1.54, 1.807) is 16.8 Å². The lowest BCUT2D eigenvalue weighted by atomic mass is 10.1. The van der Waals surface area contributed by atoms with Crippen LogP contribution in [0.1, 0.15) is 29.8 Å². The van der Waals surface area contributed by atoms with Gasteiger partial charge in [0.25, 0.3) is 0 Å². The third kappa shape index (κ3) is 4.30. The van der Waals surface area contributed by atoms with Crippen LogP contribution in [0, 0.1) is 13.8 Å². The first-order valence-electron chi connectivity index (χ1n) is 9.94. The monoisotopic (exact) mass is 443 g/mol. The second-order valence-electron chi connectivity index (χ2n) is 7.48. The highest BCUT2D eigenvalue weighted by Gasteiger charge is 2.18. The molecule has 3 heterocycles. The SMILES string of the molecule is Cc1nn(-c2ccc(Cl)cc2Cl)c(C)c1CC(=O)Nc1ccc(N2CCCC2)cn1. The topological polar surface area (TPSA) is 63.1 Å². The van der Waals surface area contributed by atoms with Crippen LogP contribution in [0.15, 0.2) is 36.5 Å². The highest BCUT2D eigenvalue weighted by Crippen LogP contribution is 2.27. The Balaban J connectivity index is 1.47. The number of aryl methyl sites for hydroxylation is 1. The van der Waals surface area contributed by atoms with E-state index in [0.29, 0.717) is 15.9 Å². The summed E-state index contributed by atoms with van der Waals surface area (Å²) < 4.78 is 1.75. The number of benzene rings is 1. The van der Waals surface area contributed by atoms with Crippen molar-refractivity contribution in [3.8, 4) is 5.69 Å². The highest BCUT2D eigenvalue weighted by atomic mass is 35.5. The lowest BCUT2D eigenvalue weighted by Crippen LogP contribution is -2.19. The van der Waals surface area contributed by atoms with Crippen LogP contribution < -0.4 is 10.2 Å². The largest absolute Gasteiger partial charge is 0.370 e. The van der Waals surface area contributed by atoms with Crippen molar-refractivity contribution < 1.29 is 4.79 Å². The fraction of sp³-hybridized carbons (Fsp3) is 0.318. The van der Waals surface area contributed by atoms with E-state index in [0.717, 1.165) is 41.4 Å². The van der Waals surface area contributed by atoms with Crippen LogP contribution in [-0.2, 0) is 11.2 Å². The molecule has 156 valence electrons. The maximum atomic E-state index is 12.6. The first-order valence-corrected chi connectivity index (χ1v) is 10.7. The number of carbonyl (C=O) groups is 1. The van der Waals surface area contributed by atoms with Crippen LogP contribution in [0.2, 0.25) is 10.0 Å². The minimum absolute atomic E-state index is 0.135. The van der Waals surface area contributed by atoms with Crippen molar-refractivity contribution in [1.82, 2.24) is 14.8 Å². The third-order valence-corrected chi connectivity index (χ3v) is 5.94. The molecule has 4 rings (SSSR count). The van der Waals surface area contributed by atoms with E-state index in [1.807, 2.05) is 38.2 Å². The van der Waals surface area contributed by atoms with E-state index in [4.69, 9.17) is 23.2 Å². The molecule has 30 heavy (non-hydrogen) atoms. The zero-order valence-corrected chi connectivity index (χ0v) is 18.5. The summed E-state index contributed by atoms with van der Waals surface area (Å²) >= 11 is 12.3. The first-order chi connectivity index (χ1) is 14.4. The van der Waals surface area contributed by atoms with Gasteiger partial charge >= 0.3 is 0 Å². The molecule has 1 aromatic carbocycles. The van der Waals surface area contributed by atoms with E-state index in [9.17, 15) is 4.79 Å². The smallest absolute Gasteiger partial charge is 0.230 e. The van der Waals surface area contributed by atoms with Crippen LogP contribution in [0.3, 0.4) is 0 Å². The number of nitrogens with zero attached hydrogens (tertiary/aromatic N) is 4. The molecule has 1 amide bonds. The predicted molar refractivity (Wildman–Crippen MR) is 121 cm³/mol. The lowest BCUT2D eigenvalue weighted by molar-refractivity contribution is -0.115. The highest BCUT2D eigenvalue weighted by molar-refractivity contribution is 6.35. The van der Waals surface area contributed by atoms with E-state index >= 15 is 0 Å². The molecule has 1 N–H and O–H groups in total. The Hall–Kier alpha value is -2.57. The first kappa shape index (κ1) is 20.7. The summed E-state index contributed by atoms with van der Waals surface area (Å²) in [5, 5.41) is 8.53. The van der Waals surface area contributed by atoms with Gasteiger partial charge in [0.05, 0.1) is 34.7 Å². The number of anilines is 2. The van der Waals surface area contributed by atoms with Crippen molar-refractivity contribution in [3.63, 3.8) is 0 Å². The molecule has 0 radical (unpaired) electrons. The van der Waals surface area contributed by atoms with Gasteiger partial charge in [-0.2, -0.15) is 5.10 Å². The second-order valence-corrected chi connectivity index (χ2v) is 8.32. The number of aromatic nitrogens is 3. The van der Waals surface area contributed by atoms with E-state index in [-0.39, 0.29) is 12.3 Å². The van der Waals surface area contributed by atoms with Crippen LogP contribution in [0.25, 0.3) is 5.69 Å². The summed E-state index contributed by atoms with van der Waals surface area (Å²) in [6, 6.07) is 9.12. The predicted octanol–water partition coefficient (Wildman–Crippen LogP) is 4.97. The molecule has 0 bridgehead atoms. The Morgan fingerprint density at radius 3 is 2.57 bits per heavy atom. The van der Waals surface area contributed by atoms with Crippen LogP contribution in [0.4, 0.5) is 11.5 Å². The standard InChI is InChI=1S/C22H23Cl2N5O/c1-14-18(15(2)29(27-14)20-7-5-16(23)11-19(20)24)12-22(30)26-21-8-6-17(13-25-21)28-9-3-4-10-28/h5-8,11,13H,3-4,9-10,12H2,1-2H3,(H,25,26,30). The maximum absolute atomic E-state index is 12.6. The quantitative estimate of drug-likeness (QED) is 0.604. The molecule has 0 saturated carbocycles. The van der Waals surface area contributed by atoms with Crippen molar-refractivity contribution in [1.29, 1.82) is 0 Å². The van der Waals surface area contributed by atoms with E-state index in [1.165, 1.54) is 12.8 Å². The maximum Gasteiger partial charge on any atom is 0.230 e. The molecule has 1 fully saturated rings. The summed E-state index contributed by atoms with van der Waals surface area (Å²) in [6.45, 7) is 5.94. The number of amides is 1. The molecular weight excluding hydrogens is 421 g/mol. The Bertz CT molecular complexity index is 1070. The number of hydrogen-bond acceptors (Lipinski definition) is 4. The van der Waals surface area contributed by atoms with E-state index < -0.39 is 0 Å². The molecule has 0 spiro atoms. The van der Waals surface area contributed by atoms with Gasteiger partial charge in [-0.25, -0.2) is 9.67 Å². The van der Waals surface area contributed by atoms with Crippen molar-refractivity contribution in [2.75, 3.05) is 23.3 Å². The van der Waals surface area contributed by atoms with Gasteiger partial charge in [0.15, 0.2) is 0 Å². The number of nitrogens with one attached hydrogen (secondary N) is 1. The van der Waals surface area contributed by atoms with Gasteiger partial charge in [0, 0.05) is 29.4 Å². The zero-order chi connectivity index (χ0) is 21.3. The van der Waals surface area contributed by atoms with Crippen molar-refractivity contribution in [2.45, 2.75) is 33.1 Å². The van der Waals surface area contributed by atoms with Gasteiger partial charge in [-0.05, 0) is 57.0 Å². The number of pyridine rings is 1. The van der Waals surface area contributed by atoms with Crippen LogP contribution in [-0.4, -0.2) is 33.8 Å². The average Bonchev–Trinajstić information content (AvgIpc) is 3.33. The normalized spacial score (nSPS) is 13.7. The number of carbonyl (C=O) groups excluding carboxylic acids is 1. The van der Waals surface area contributed by atoms with E-state index in [2.05, 4.69) is 20.3 Å². The van der Waals surface area contributed by atoms with Gasteiger partial charge in [-0.1, -0.05) is 23.2 Å². The summed E-state index contributed by atoms with van der Waals surface area (Å²) in [6.07, 6.45) is 4.45. The minimum atomic E-state index is -0.135. The Kier molecular flexibility index (Phi) is 5.97. The van der Waals surface area contributed by atoms with Gasteiger partial charge in [-0.15, -0.1) is 0 Å². The van der Waals surface area contributed by atoms with Crippen LogP contribution in [0.5, 0.6) is 0 Å². The van der Waals surface area contributed by atoms with Crippen molar-refractivity contribution in [2.24, 2.45) is 0 Å². The number of hydrogen-bond donors (Lipinski definition) is 1. The molecule has 1 aliphatic heterocycles. The molecule has 0 atom stereocenters. The minimum Gasteiger partial charge on any atom is -0.370 e. The Labute approximate surface area is 185 Å². The Morgan fingerprint density at radius 2 is 1.90 bits per heavy atom. The molecule has 6 nitrogen and oxygen atoms in total. The van der Waals surface area contributed by atoms with Gasteiger partial charge in [0.2, 0.25) is 5.91 Å². The summed E-state index contributed by atoms with van der Waals surface area (Å²) in [7, 11) is 0. The molecule has 1 aliphatic rings. The molecule has 3 aromatic rings. The molecule has 0 aliphatic carbocycles. The molecule has 0 unspecified atom stereocenters. The average molecular weight is 444 g/mol. The fourth-order valence-corrected chi connectivity index (χ4v) is 4.28. The zero-order valence-electron chi connectivity index (χ0n) is 17.0. The fourth-order valence-electron chi connectivity index (χ4n) is 3.79. The summed E-state index contributed by atoms with van der Waals surface area (Å²) in [5.74, 6) is 0.413. The molecule has 1 saturated heterocycles. The Morgan fingerprint density at radius 1 is 1.13 bits per heavy atom. The van der Waals surface area contributed by atoms with Crippen molar-refractivity contribution >= 4 is 40.6 Å². The van der Waals surface area contributed by atoms with Gasteiger partial charge in [-0.3, -0.25) is 4.79 Å².